The number of aryl methyl sites for hydroxylation is 2. The minimum Gasteiger partial charge on any atom is -0.460 e. The van der Waals surface area contributed by atoms with Gasteiger partial charge in [0, 0.05) is 7.05 Å². The van der Waals surface area contributed by atoms with Crippen LogP contribution in [0.3, 0.4) is 0 Å². The maximum atomic E-state index is 5.64. The van der Waals surface area contributed by atoms with Gasteiger partial charge in [-0.05, 0) is 33.0 Å². The zero-order valence-corrected chi connectivity index (χ0v) is 10.2. The first kappa shape index (κ1) is 11.0. The number of hydrogen-bond acceptors (Lipinski definition) is 3. The fraction of sp³-hybridized carbons (Fsp3) is 0.417. The Labute approximate surface area is 95.3 Å². The highest BCUT2D eigenvalue weighted by Gasteiger charge is 2.15. The van der Waals surface area contributed by atoms with Crippen molar-refractivity contribution in [3.63, 3.8) is 0 Å². The topological polar surface area (TPSA) is 43.0 Å². The van der Waals surface area contributed by atoms with Crippen molar-refractivity contribution in [1.29, 1.82) is 0 Å². The molecule has 0 aliphatic heterocycles. The second-order valence-electron chi connectivity index (χ2n) is 3.96. The molecule has 0 spiro atoms. The van der Waals surface area contributed by atoms with Gasteiger partial charge in [0.15, 0.2) is 5.76 Å². The van der Waals surface area contributed by atoms with Crippen LogP contribution in [0.5, 0.6) is 0 Å². The first-order chi connectivity index (χ1) is 7.63. The molecular formula is C12H17N3O. The molecule has 4 heteroatoms. The molecule has 2 rings (SSSR count). The molecule has 0 aromatic carbocycles. The highest BCUT2D eigenvalue weighted by Crippen LogP contribution is 2.25. The number of rotatable bonds is 3. The van der Waals surface area contributed by atoms with Gasteiger partial charge in [0.25, 0.3) is 0 Å². The van der Waals surface area contributed by atoms with E-state index in [1.807, 2.05) is 40.1 Å². The van der Waals surface area contributed by atoms with Crippen LogP contribution in [-0.4, -0.2) is 16.6 Å². The maximum absolute atomic E-state index is 5.64. The third-order valence-electron chi connectivity index (χ3n) is 2.67. The van der Waals surface area contributed by atoms with Gasteiger partial charge in [-0.25, -0.2) is 4.98 Å². The summed E-state index contributed by atoms with van der Waals surface area (Å²) in [6, 6.07) is 3.96. The van der Waals surface area contributed by atoms with Crippen LogP contribution >= 0.6 is 0 Å². The summed E-state index contributed by atoms with van der Waals surface area (Å²) in [5, 5.41) is 3.11. The summed E-state index contributed by atoms with van der Waals surface area (Å²) in [6.45, 7) is 4.72. The SMILES string of the molecule is CNCc1nc(C)c(-c2ccc(C)o2)n1C. The number of nitrogens with one attached hydrogen (secondary N) is 1. The molecule has 0 unspecified atom stereocenters. The Hall–Kier alpha value is -1.55. The van der Waals surface area contributed by atoms with E-state index >= 15 is 0 Å². The van der Waals surface area contributed by atoms with E-state index in [9.17, 15) is 0 Å². The van der Waals surface area contributed by atoms with Gasteiger partial charge in [0.05, 0.1) is 12.2 Å². The van der Waals surface area contributed by atoms with Crippen LogP contribution in [0.25, 0.3) is 11.5 Å². The molecule has 0 saturated heterocycles. The van der Waals surface area contributed by atoms with E-state index < -0.39 is 0 Å². The second-order valence-corrected chi connectivity index (χ2v) is 3.96. The lowest BCUT2D eigenvalue weighted by molar-refractivity contribution is 0.542. The van der Waals surface area contributed by atoms with Crippen molar-refractivity contribution >= 4 is 0 Å². The van der Waals surface area contributed by atoms with Gasteiger partial charge in [-0.2, -0.15) is 0 Å². The molecule has 0 saturated carbocycles. The molecule has 0 atom stereocenters. The molecule has 0 aliphatic rings. The molecule has 0 bridgehead atoms. The predicted octanol–water partition coefficient (Wildman–Crippen LogP) is 2.02. The summed E-state index contributed by atoms with van der Waals surface area (Å²) in [5.41, 5.74) is 2.06. The van der Waals surface area contributed by atoms with Crippen LogP contribution in [0.2, 0.25) is 0 Å². The van der Waals surface area contributed by atoms with Crippen molar-refractivity contribution in [2.24, 2.45) is 7.05 Å². The van der Waals surface area contributed by atoms with Crippen molar-refractivity contribution in [3.8, 4) is 11.5 Å². The quantitative estimate of drug-likeness (QED) is 0.858. The summed E-state index contributed by atoms with van der Waals surface area (Å²) in [6.07, 6.45) is 0. The molecule has 2 heterocycles. The van der Waals surface area contributed by atoms with Crippen molar-refractivity contribution in [3.05, 3.63) is 29.4 Å². The highest BCUT2D eigenvalue weighted by molar-refractivity contribution is 5.56. The first-order valence-electron chi connectivity index (χ1n) is 5.37. The number of hydrogen-bond donors (Lipinski definition) is 1. The average Bonchev–Trinajstić information content (AvgIpc) is 2.74. The van der Waals surface area contributed by atoms with E-state index in [0.717, 1.165) is 35.3 Å². The fourth-order valence-electron chi connectivity index (χ4n) is 1.91. The minimum atomic E-state index is 0.761. The average molecular weight is 219 g/mol. The van der Waals surface area contributed by atoms with Crippen molar-refractivity contribution in [1.82, 2.24) is 14.9 Å². The Morgan fingerprint density at radius 1 is 1.38 bits per heavy atom. The van der Waals surface area contributed by atoms with E-state index in [1.54, 1.807) is 0 Å². The molecule has 2 aromatic rings. The normalized spacial score (nSPS) is 11.0. The third kappa shape index (κ3) is 1.76. The van der Waals surface area contributed by atoms with E-state index in [-0.39, 0.29) is 0 Å². The van der Waals surface area contributed by atoms with Crippen LogP contribution in [0.15, 0.2) is 16.5 Å². The smallest absolute Gasteiger partial charge is 0.152 e. The van der Waals surface area contributed by atoms with Crippen LogP contribution < -0.4 is 5.32 Å². The van der Waals surface area contributed by atoms with E-state index in [1.165, 1.54) is 0 Å². The monoisotopic (exact) mass is 219 g/mol. The lowest BCUT2D eigenvalue weighted by atomic mass is 10.3. The Morgan fingerprint density at radius 2 is 2.12 bits per heavy atom. The Bertz CT molecular complexity index is 496. The van der Waals surface area contributed by atoms with Crippen molar-refractivity contribution in [2.75, 3.05) is 7.05 Å². The third-order valence-corrected chi connectivity index (χ3v) is 2.67. The maximum Gasteiger partial charge on any atom is 0.152 e. The molecule has 86 valence electrons. The van der Waals surface area contributed by atoms with Gasteiger partial charge in [-0.15, -0.1) is 0 Å². The van der Waals surface area contributed by atoms with Gasteiger partial charge in [0.1, 0.15) is 17.3 Å². The molecule has 16 heavy (non-hydrogen) atoms. The summed E-state index contributed by atoms with van der Waals surface area (Å²) in [5.74, 6) is 2.82. The molecule has 4 nitrogen and oxygen atoms in total. The first-order valence-corrected chi connectivity index (χ1v) is 5.37. The van der Waals surface area contributed by atoms with Crippen LogP contribution in [0, 0.1) is 13.8 Å². The Morgan fingerprint density at radius 3 is 2.69 bits per heavy atom. The van der Waals surface area contributed by atoms with Gasteiger partial charge in [-0.1, -0.05) is 0 Å². The molecular weight excluding hydrogens is 202 g/mol. The number of nitrogens with zero attached hydrogens (tertiary/aromatic N) is 2. The van der Waals surface area contributed by atoms with Crippen LogP contribution in [0.1, 0.15) is 17.3 Å². The van der Waals surface area contributed by atoms with E-state index in [4.69, 9.17) is 4.42 Å². The lowest BCUT2D eigenvalue weighted by Crippen LogP contribution is -2.10. The number of imidazole rings is 1. The van der Waals surface area contributed by atoms with Gasteiger partial charge in [0.2, 0.25) is 0 Å². The second kappa shape index (κ2) is 4.14. The predicted molar refractivity (Wildman–Crippen MR) is 63.1 cm³/mol. The molecule has 0 fully saturated rings. The van der Waals surface area contributed by atoms with Crippen LogP contribution in [-0.2, 0) is 13.6 Å². The number of furan rings is 1. The molecule has 1 N–H and O–H groups in total. The molecule has 0 radical (unpaired) electrons. The summed E-state index contributed by atoms with van der Waals surface area (Å²) in [4.78, 5) is 4.53. The zero-order valence-electron chi connectivity index (χ0n) is 10.2. The van der Waals surface area contributed by atoms with Crippen molar-refractivity contribution in [2.45, 2.75) is 20.4 Å². The van der Waals surface area contributed by atoms with Gasteiger partial charge < -0.3 is 14.3 Å². The summed E-state index contributed by atoms with van der Waals surface area (Å²) < 4.78 is 7.71. The zero-order chi connectivity index (χ0) is 11.7. The van der Waals surface area contributed by atoms with Gasteiger partial charge >= 0.3 is 0 Å². The summed E-state index contributed by atoms with van der Waals surface area (Å²) >= 11 is 0. The standard InChI is InChI=1S/C12H17N3O/c1-8-5-6-10(16-8)12-9(2)14-11(7-13-3)15(12)4/h5-6,13H,7H2,1-4H3. The minimum absolute atomic E-state index is 0.761. The molecule has 0 aliphatic carbocycles. The number of aromatic nitrogens is 2. The largest absolute Gasteiger partial charge is 0.460 e. The van der Waals surface area contributed by atoms with Crippen molar-refractivity contribution < 1.29 is 4.42 Å². The van der Waals surface area contributed by atoms with E-state index in [2.05, 4.69) is 14.9 Å². The molecule has 2 aromatic heterocycles. The molecule has 0 amide bonds. The Balaban J connectivity index is 2.48. The van der Waals surface area contributed by atoms with E-state index in [0.29, 0.717) is 0 Å². The fourth-order valence-corrected chi connectivity index (χ4v) is 1.91. The highest BCUT2D eigenvalue weighted by atomic mass is 16.3. The van der Waals surface area contributed by atoms with Crippen LogP contribution in [0.4, 0.5) is 0 Å². The summed E-state index contributed by atoms with van der Waals surface area (Å²) in [7, 11) is 3.93. The lowest BCUT2D eigenvalue weighted by Gasteiger charge is -2.03. The Kier molecular flexibility index (Phi) is 2.83. The van der Waals surface area contributed by atoms with Gasteiger partial charge in [-0.3, -0.25) is 0 Å².